The van der Waals surface area contributed by atoms with Gasteiger partial charge in [0, 0.05) is 31.2 Å². The zero-order valence-corrected chi connectivity index (χ0v) is 15.3. The van der Waals surface area contributed by atoms with Crippen molar-refractivity contribution in [2.45, 2.75) is 25.9 Å². The van der Waals surface area contributed by atoms with Gasteiger partial charge in [-0.1, -0.05) is 24.3 Å². The molecule has 2 aliphatic heterocycles. The number of aromatic amines is 1. The van der Waals surface area contributed by atoms with Gasteiger partial charge in [0.25, 0.3) is 0 Å². The van der Waals surface area contributed by atoms with Crippen LogP contribution < -0.4 is 0 Å². The Kier molecular flexibility index (Phi) is 3.93. The molecule has 2 fully saturated rings. The van der Waals surface area contributed by atoms with Crippen molar-refractivity contribution in [1.82, 2.24) is 25.0 Å². The van der Waals surface area contributed by atoms with E-state index in [0.29, 0.717) is 12.5 Å². The second kappa shape index (κ2) is 6.46. The summed E-state index contributed by atoms with van der Waals surface area (Å²) in [4.78, 5) is 21.9. The molecule has 1 N–H and O–H groups in total. The molecule has 1 aromatic carbocycles. The fraction of sp³-hybridized carbons (Fsp3) is 0.381. The number of likely N-dealkylation sites (tertiary alicyclic amines) is 2. The van der Waals surface area contributed by atoms with Gasteiger partial charge < -0.3 is 4.90 Å². The van der Waals surface area contributed by atoms with Gasteiger partial charge >= 0.3 is 0 Å². The van der Waals surface area contributed by atoms with Crippen molar-refractivity contribution in [3.05, 3.63) is 60.0 Å². The van der Waals surface area contributed by atoms with Gasteiger partial charge in [-0.25, -0.2) is 0 Å². The number of nitrogens with one attached hydrogen (secondary N) is 1. The Labute approximate surface area is 158 Å². The number of H-pyrrole nitrogens is 1. The lowest BCUT2D eigenvalue weighted by atomic mass is 9.85. The second-order valence-electron chi connectivity index (χ2n) is 7.79. The van der Waals surface area contributed by atoms with E-state index in [9.17, 15) is 4.79 Å². The molecular formula is C21H23N5O. The van der Waals surface area contributed by atoms with Crippen LogP contribution in [-0.2, 0) is 17.9 Å². The first kappa shape index (κ1) is 16.4. The number of hydrogen-bond acceptors (Lipinski definition) is 4. The second-order valence-corrected chi connectivity index (χ2v) is 7.79. The maximum absolute atomic E-state index is 13.2. The highest BCUT2D eigenvalue weighted by atomic mass is 16.2. The zero-order chi connectivity index (χ0) is 18.3. The minimum atomic E-state index is -0.212. The van der Waals surface area contributed by atoms with E-state index in [0.717, 1.165) is 55.6 Å². The molecule has 4 heterocycles. The van der Waals surface area contributed by atoms with Gasteiger partial charge in [0.15, 0.2) is 0 Å². The molecule has 6 nitrogen and oxygen atoms in total. The Hall–Kier alpha value is -2.73. The Morgan fingerprint density at radius 2 is 2.00 bits per heavy atom. The molecule has 6 heteroatoms. The zero-order valence-electron chi connectivity index (χ0n) is 15.3. The van der Waals surface area contributed by atoms with Gasteiger partial charge in [0.05, 0.1) is 29.4 Å². The van der Waals surface area contributed by atoms with Crippen LogP contribution >= 0.6 is 0 Å². The van der Waals surface area contributed by atoms with Crippen molar-refractivity contribution in [3.8, 4) is 0 Å². The van der Waals surface area contributed by atoms with E-state index in [-0.39, 0.29) is 5.41 Å². The predicted molar refractivity (Wildman–Crippen MR) is 103 cm³/mol. The number of fused-ring (bicyclic) bond motifs is 1. The van der Waals surface area contributed by atoms with Crippen molar-refractivity contribution >= 4 is 16.8 Å². The molecule has 1 amide bonds. The average molecular weight is 361 g/mol. The van der Waals surface area contributed by atoms with E-state index in [4.69, 9.17) is 0 Å². The fourth-order valence-corrected chi connectivity index (χ4v) is 4.61. The van der Waals surface area contributed by atoms with E-state index in [1.807, 2.05) is 29.3 Å². The Morgan fingerprint density at radius 3 is 2.89 bits per heavy atom. The van der Waals surface area contributed by atoms with Gasteiger partial charge in [-0.2, -0.15) is 5.10 Å². The van der Waals surface area contributed by atoms with Crippen LogP contribution in [0.25, 0.3) is 10.9 Å². The molecule has 1 spiro atoms. The number of para-hydroxylation sites is 1. The molecule has 0 saturated carbocycles. The summed E-state index contributed by atoms with van der Waals surface area (Å²) in [5.41, 5.74) is 3.10. The smallest absolute Gasteiger partial charge is 0.230 e. The third-order valence-corrected chi connectivity index (χ3v) is 6.07. The Balaban J connectivity index is 1.29. The van der Waals surface area contributed by atoms with E-state index in [2.05, 4.69) is 38.3 Å². The number of carbonyl (C=O) groups excluding carboxylic acids is 1. The van der Waals surface area contributed by atoms with Crippen molar-refractivity contribution < 1.29 is 4.79 Å². The van der Waals surface area contributed by atoms with Crippen LogP contribution in [0.5, 0.6) is 0 Å². The first-order valence-corrected chi connectivity index (χ1v) is 9.56. The van der Waals surface area contributed by atoms with Gasteiger partial charge in [0.1, 0.15) is 0 Å². The van der Waals surface area contributed by atoms with Crippen LogP contribution in [0.15, 0.2) is 48.8 Å². The molecule has 0 bridgehead atoms. The topological polar surface area (TPSA) is 65.1 Å². The summed E-state index contributed by atoms with van der Waals surface area (Å²) < 4.78 is 0. The molecule has 0 radical (unpaired) electrons. The maximum Gasteiger partial charge on any atom is 0.230 e. The molecule has 3 aromatic rings. The number of pyridine rings is 1. The summed E-state index contributed by atoms with van der Waals surface area (Å²) in [7, 11) is 0. The molecule has 5 rings (SSSR count). The van der Waals surface area contributed by atoms with Crippen LogP contribution in [0.1, 0.15) is 24.1 Å². The van der Waals surface area contributed by atoms with Gasteiger partial charge in [0.2, 0.25) is 5.91 Å². The summed E-state index contributed by atoms with van der Waals surface area (Å²) in [6.07, 6.45) is 5.55. The lowest BCUT2D eigenvalue weighted by molar-refractivity contribution is -0.136. The van der Waals surface area contributed by atoms with Crippen molar-refractivity contribution in [1.29, 1.82) is 0 Å². The van der Waals surface area contributed by atoms with Crippen molar-refractivity contribution in [3.63, 3.8) is 0 Å². The van der Waals surface area contributed by atoms with Gasteiger partial charge in [-0.15, -0.1) is 0 Å². The summed E-state index contributed by atoms with van der Waals surface area (Å²) in [5, 5.41) is 8.41. The van der Waals surface area contributed by atoms with Crippen LogP contribution in [0, 0.1) is 5.41 Å². The summed E-state index contributed by atoms with van der Waals surface area (Å²) in [6, 6.07) is 12.2. The SMILES string of the molecule is O=C1N(Cc2ccccn2)CCC12CCN(Cc1cccc3cn[nH]c13)C2. The van der Waals surface area contributed by atoms with Gasteiger partial charge in [-0.3, -0.25) is 19.8 Å². The number of carbonyl (C=O) groups is 1. The molecule has 27 heavy (non-hydrogen) atoms. The first-order chi connectivity index (χ1) is 13.2. The summed E-state index contributed by atoms with van der Waals surface area (Å²) >= 11 is 0. The molecule has 2 saturated heterocycles. The minimum absolute atomic E-state index is 0.212. The number of amides is 1. The number of benzene rings is 1. The van der Waals surface area contributed by atoms with Crippen molar-refractivity contribution in [2.75, 3.05) is 19.6 Å². The number of aromatic nitrogens is 3. The predicted octanol–water partition coefficient (Wildman–Crippen LogP) is 2.58. The monoisotopic (exact) mass is 361 g/mol. The highest BCUT2D eigenvalue weighted by molar-refractivity contribution is 5.85. The van der Waals surface area contributed by atoms with E-state index < -0.39 is 0 Å². The van der Waals surface area contributed by atoms with Crippen molar-refractivity contribution in [2.24, 2.45) is 5.41 Å². The number of nitrogens with zero attached hydrogens (tertiary/aromatic N) is 4. The first-order valence-electron chi connectivity index (χ1n) is 9.56. The average Bonchev–Trinajstić information content (AvgIpc) is 3.40. The maximum atomic E-state index is 13.2. The molecule has 138 valence electrons. The third kappa shape index (κ3) is 2.90. The standard InChI is InChI=1S/C21H23N5O/c27-20-21(8-11-26(20)14-18-6-1-2-9-22-18)7-10-25(15-21)13-17-5-3-4-16-12-23-24-19(16)17/h1-6,9,12H,7-8,10-11,13-15H2,(H,23,24). The summed E-state index contributed by atoms with van der Waals surface area (Å²) in [5.74, 6) is 0.301. The van der Waals surface area contributed by atoms with E-state index >= 15 is 0 Å². The lowest BCUT2D eigenvalue weighted by Gasteiger charge is -2.23. The Morgan fingerprint density at radius 1 is 1.07 bits per heavy atom. The minimum Gasteiger partial charge on any atom is -0.336 e. The molecule has 1 unspecified atom stereocenters. The van der Waals surface area contributed by atoms with Gasteiger partial charge in [-0.05, 0) is 37.1 Å². The van der Waals surface area contributed by atoms with E-state index in [1.165, 1.54) is 5.56 Å². The highest BCUT2D eigenvalue weighted by Gasteiger charge is 2.50. The quantitative estimate of drug-likeness (QED) is 0.776. The highest BCUT2D eigenvalue weighted by Crippen LogP contribution is 2.41. The molecule has 2 aromatic heterocycles. The fourth-order valence-electron chi connectivity index (χ4n) is 4.61. The molecule has 2 aliphatic rings. The van der Waals surface area contributed by atoms with Crippen LogP contribution in [0.4, 0.5) is 0 Å². The number of rotatable bonds is 4. The normalized spacial score (nSPS) is 23.1. The van der Waals surface area contributed by atoms with Crippen LogP contribution in [-0.4, -0.2) is 50.5 Å². The van der Waals surface area contributed by atoms with E-state index in [1.54, 1.807) is 6.20 Å². The van der Waals surface area contributed by atoms with Crippen LogP contribution in [0.3, 0.4) is 0 Å². The lowest BCUT2D eigenvalue weighted by Crippen LogP contribution is -2.36. The van der Waals surface area contributed by atoms with Crippen LogP contribution in [0.2, 0.25) is 0 Å². The largest absolute Gasteiger partial charge is 0.336 e. The third-order valence-electron chi connectivity index (χ3n) is 6.07. The molecular weight excluding hydrogens is 338 g/mol. The number of hydrogen-bond donors (Lipinski definition) is 1. The Bertz CT molecular complexity index is 969. The molecule has 1 atom stereocenters. The molecule has 0 aliphatic carbocycles. The summed E-state index contributed by atoms with van der Waals surface area (Å²) in [6.45, 7) is 4.12.